The van der Waals surface area contributed by atoms with Gasteiger partial charge in [-0.1, -0.05) is 193 Å². The van der Waals surface area contributed by atoms with Gasteiger partial charge in [0.2, 0.25) is 5.91 Å². The number of rotatable bonds is 39. The van der Waals surface area contributed by atoms with Crippen molar-refractivity contribution in [2.24, 2.45) is 23.7 Å². The molecular weight excluding hydrogens is 987 g/mol. The van der Waals surface area contributed by atoms with Gasteiger partial charge >= 0.3 is 0 Å². The molecule has 1 amide bonds. The molecule has 0 aliphatic heterocycles. The molecule has 0 saturated heterocycles. The van der Waals surface area contributed by atoms with Crippen LogP contribution in [-0.2, 0) is 28.9 Å². The number of nitrogens with zero attached hydrogens (tertiary/aromatic N) is 1. The Labute approximate surface area is 475 Å². The molecule has 6 nitrogen and oxygen atoms in total. The Morgan fingerprint density at radius 1 is 0.440 bits per heavy atom. The minimum absolute atomic E-state index is 0.0564. The predicted molar refractivity (Wildman–Crippen MR) is 346 cm³/mol. The lowest BCUT2D eigenvalue weighted by Crippen LogP contribution is -2.46. The summed E-state index contributed by atoms with van der Waals surface area (Å²) in [5, 5.41) is 0. The van der Waals surface area contributed by atoms with Crippen molar-refractivity contribution in [1.29, 1.82) is 0 Å². The van der Waals surface area contributed by atoms with E-state index < -0.39 is 33.3 Å². The second-order valence-electron chi connectivity index (χ2n) is 27.2. The third-order valence-electron chi connectivity index (χ3n) is 15.3. The third kappa shape index (κ3) is 32.9. The van der Waals surface area contributed by atoms with Crippen LogP contribution in [0.4, 0.5) is 0 Å². The number of hydrogen-bond donors (Lipinski definition) is 0. The Hall–Kier alpha value is -0.862. The fraction of sp³-hybridized carbons (Fsp3) is 0.862. The van der Waals surface area contributed by atoms with Crippen LogP contribution in [-0.4, -0.2) is 81.6 Å². The molecule has 4 atom stereocenters. The van der Waals surface area contributed by atoms with E-state index in [0.717, 1.165) is 61.8 Å². The van der Waals surface area contributed by atoms with E-state index in [2.05, 4.69) is 210 Å². The van der Waals surface area contributed by atoms with Crippen LogP contribution in [0.1, 0.15) is 230 Å². The summed E-state index contributed by atoms with van der Waals surface area (Å²) in [6.07, 6.45) is 14.3. The Morgan fingerprint density at radius 2 is 0.733 bits per heavy atom. The van der Waals surface area contributed by atoms with Crippen molar-refractivity contribution < 1.29 is 22.5 Å². The number of aryl methyl sites for hydroxylation is 1. The molecule has 0 aliphatic carbocycles. The van der Waals surface area contributed by atoms with Crippen LogP contribution in [0.25, 0.3) is 0 Å². The summed E-state index contributed by atoms with van der Waals surface area (Å²) >= 11 is 0. The van der Waals surface area contributed by atoms with Crippen molar-refractivity contribution in [2.75, 3.05) is 13.1 Å². The summed E-state index contributed by atoms with van der Waals surface area (Å²) in [6, 6.07) is 20.6. The maximum absolute atomic E-state index is 12.8. The molecule has 0 aromatic heterocycles. The van der Waals surface area contributed by atoms with Crippen LogP contribution >= 0.6 is 0 Å². The summed E-state index contributed by atoms with van der Waals surface area (Å²) in [6.45, 7) is 62.6. The maximum atomic E-state index is 12.8. The molecule has 75 heavy (non-hydrogen) atoms. The largest absolute Gasteiger partial charge is 0.414 e. The highest BCUT2D eigenvalue weighted by atomic mass is 28.4. The average molecular weight is 1120 g/mol. The molecule has 0 radical (unpaired) electrons. The maximum Gasteiger partial charge on any atom is 0.245 e. The van der Waals surface area contributed by atoms with E-state index in [1.54, 1.807) is 0 Å². The van der Waals surface area contributed by atoms with Gasteiger partial charge in [-0.2, -0.15) is 0 Å². The molecule has 0 N–H and O–H groups in total. The van der Waals surface area contributed by atoms with E-state index in [9.17, 15) is 4.79 Å². The van der Waals surface area contributed by atoms with Gasteiger partial charge in [0.1, 0.15) is 0 Å². The highest BCUT2D eigenvalue weighted by molar-refractivity contribution is 6.76. The van der Waals surface area contributed by atoms with Crippen molar-refractivity contribution in [2.45, 2.75) is 326 Å². The number of amides is 1. The van der Waals surface area contributed by atoms with Gasteiger partial charge in [0.25, 0.3) is 0 Å². The summed E-state index contributed by atoms with van der Waals surface area (Å²) in [7, 11) is -7.05. The van der Waals surface area contributed by atoms with Gasteiger partial charge in [-0.25, -0.2) is 0 Å². The van der Waals surface area contributed by atoms with Crippen LogP contribution in [0, 0.1) is 23.7 Å². The van der Waals surface area contributed by atoms with Gasteiger partial charge in [0, 0.05) is 37.5 Å². The van der Waals surface area contributed by atoms with Crippen LogP contribution in [0.15, 0.2) is 43.0 Å². The minimum atomic E-state index is -1.90. The fourth-order valence-electron chi connectivity index (χ4n) is 11.9. The van der Waals surface area contributed by atoms with E-state index in [4.69, 9.17) is 17.7 Å². The van der Waals surface area contributed by atoms with Crippen LogP contribution < -0.4 is 0 Å². The third-order valence-corrected chi connectivity index (χ3v) is 38.2. The lowest BCUT2D eigenvalue weighted by atomic mass is 10.1. The van der Waals surface area contributed by atoms with Crippen molar-refractivity contribution >= 4 is 39.2 Å². The van der Waals surface area contributed by atoms with Crippen molar-refractivity contribution in [3.8, 4) is 0 Å². The van der Waals surface area contributed by atoms with Crippen molar-refractivity contribution in [3.63, 3.8) is 0 Å². The lowest BCUT2D eigenvalue weighted by Gasteiger charge is -2.39. The smallest absolute Gasteiger partial charge is 0.245 e. The Bertz CT molecular complexity index is 1460. The number of carbonyl (C=O) groups excluding carboxylic acids is 1. The Kier molecular flexibility index (Phi) is 41.0. The first kappa shape index (κ1) is 76.2. The Morgan fingerprint density at radius 3 is 1.01 bits per heavy atom. The molecule has 0 saturated carbocycles. The average Bonchev–Trinajstić information content (AvgIpc) is 3.27. The van der Waals surface area contributed by atoms with E-state index in [0.29, 0.717) is 40.7 Å². The second kappa shape index (κ2) is 40.3. The van der Waals surface area contributed by atoms with Crippen LogP contribution in [0.5, 0.6) is 0 Å². The first-order valence-electron chi connectivity index (χ1n) is 31.5. The molecule has 444 valence electrons. The molecule has 0 spiro atoms. The fourth-order valence-corrected chi connectivity index (χ4v) is 31.2. The first-order valence-corrected chi connectivity index (χ1v) is 41.1. The zero-order valence-corrected chi connectivity index (χ0v) is 59.0. The molecule has 4 unspecified atom stereocenters. The summed E-state index contributed by atoms with van der Waals surface area (Å²) in [5.41, 5.74) is 4.00. The van der Waals surface area contributed by atoms with Gasteiger partial charge in [-0.05, 0) is 180 Å². The lowest BCUT2D eigenvalue weighted by molar-refractivity contribution is -0.126. The standard InChI is InChI=1S/C29H61NO3Si2.C18H32OSi.C18H40OSi/c1-14-29(31)30(17-15-19-34(27(10)11,21-23(2)3)32-25(6)7)18-16-20-35(28(12)13,22-24(4)5)33-26(8)9;1-15(2)14-20(17(5)6,19-16(3)4)13-12-18-10-8-7-9-11-18;1-8-9-10-11-12-13-14-20(18(6)7,15-16(2)3)19-17(4)5/h14,23-28H,1,15-22H2,2-13H3;7-11,15-17H,12-14H2,1-6H3;16-18H,8-15H2,1-7H3. The molecule has 0 fully saturated rings. The summed E-state index contributed by atoms with van der Waals surface area (Å²) < 4.78 is 26.6. The number of carbonyl (C=O) groups is 1. The zero-order valence-electron chi connectivity index (χ0n) is 55.0. The minimum Gasteiger partial charge on any atom is -0.414 e. The van der Waals surface area contributed by atoms with E-state index in [-0.39, 0.29) is 18.1 Å². The zero-order chi connectivity index (χ0) is 58.2. The van der Waals surface area contributed by atoms with Gasteiger partial charge in [-0.15, -0.1) is 0 Å². The molecule has 1 aromatic carbocycles. The summed E-state index contributed by atoms with van der Waals surface area (Å²) in [4.78, 5) is 14.8. The summed E-state index contributed by atoms with van der Waals surface area (Å²) in [5.74, 6) is 2.80. The van der Waals surface area contributed by atoms with E-state index >= 15 is 0 Å². The molecule has 0 bridgehead atoms. The monoisotopic (exact) mass is 1120 g/mol. The number of unbranched alkanes of at least 4 members (excludes halogenated alkanes) is 5. The molecule has 1 aromatic rings. The highest BCUT2D eigenvalue weighted by Crippen LogP contribution is 2.40. The topological polar surface area (TPSA) is 57.2 Å². The molecular formula is C65H133NO5Si4. The van der Waals surface area contributed by atoms with Gasteiger partial charge in [0.15, 0.2) is 33.3 Å². The Balaban J connectivity index is 0. The first-order chi connectivity index (χ1) is 34.8. The van der Waals surface area contributed by atoms with Crippen molar-refractivity contribution in [3.05, 3.63) is 48.6 Å². The molecule has 1 rings (SSSR count). The molecule has 0 aliphatic rings. The van der Waals surface area contributed by atoms with E-state index in [1.165, 1.54) is 86.4 Å². The van der Waals surface area contributed by atoms with Gasteiger partial charge in [0.05, 0.1) is 0 Å². The SMILES string of the molecule is C=CC(=O)N(CCC[Si](CC(C)C)(OC(C)C)C(C)C)CCC[Si](CC(C)C)(OC(C)C)C(C)C.CC(C)C[Si](CCc1ccccc1)(OC(C)C)C(C)C.CCCCCCCC[Si](CC(C)C)(OC(C)C)C(C)C. The van der Waals surface area contributed by atoms with Gasteiger partial charge in [-0.3, -0.25) is 4.79 Å². The number of benzene rings is 1. The molecule has 0 heterocycles. The predicted octanol–water partition coefficient (Wildman–Crippen LogP) is 21.1. The highest BCUT2D eigenvalue weighted by Gasteiger charge is 2.43. The van der Waals surface area contributed by atoms with E-state index in [1.807, 2.05) is 4.90 Å². The van der Waals surface area contributed by atoms with Crippen LogP contribution in [0.2, 0.25) is 70.5 Å². The second-order valence-corrected chi connectivity index (χ2v) is 44.9. The van der Waals surface area contributed by atoms with Gasteiger partial charge < -0.3 is 22.6 Å². The van der Waals surface area contributed by atoms with Crippen molar-refractivity contribution in [1.82, 2.24) is 4.90 Å². The quantitative estimate of drug-likeness (QED) is 0.0374. The normalized spacial score (nSPS) is 15.5. The van der Waals surface area contributed by atoms with Crippen LogP contribution in [0.3, 0.4) is 0 Å². The number of hydrogen-bond acceptors (Lipinski definition) is 5. The molecule has 10 heteroatoms.